The van der Waals surface area contributed by atoms with Crippen molar-refractivity contribution in [3.8, 4) is 0 Å². The molecule has 0 bridgehead atoms. The van der Waals surface area contributed by atoms with Crippen molar-refractivity contribution in [3.05, 3.63) is 65.6 Å². The fourth-order valence-corrected chi connectivity index (χ4v) is 3.65. The third-order valence-electron chi connectivity index (χ3n) is 5.19. The number of aryl methyl sites for hydroxylation is 1. The standard InChI is InChI=1S/C20H22N4O.C2HF3O2/c1-14-5-4-8-19-22-13-18(24(14)19)20(25)23-17-7-3-2-6-16(17)15-9-11-21-12-10-15;3-2(4,5)1(6)7/h2-8,13,15,21H,9-12H2,1H3,(H,23,25);(H,6,7). The molecule has 0 spiro atoms. The Morgan fingerprint density at radius 2 is 1.78 bits per heavy atom. The molecule has 1 fully saturated rings. The number of carboxylic acid groups (broad SMARTS) is 1. The Kier molecular flexibility index (Phi) is 7.14. The smallest absolute Gasteiger partial charge is 0.475 e. The van der Waals surface area contributed by atoms with Crippen LogP contribution in [0.25, 0.3) is 5.65 Å². The van der Waals surface area contributed by atoms with Crippen LogP contribution < -0.4 is 10.6 Å². The molecule has 1 aliphatic rings. The number of halogens is 3. The number of rotatable bonds is 3. The maximum absolute atomic E-state index is 12.9. The van der Waals surface area contributed by atoms with Crippen LogP contribution in [0.1, 0.15) is 40.5 Å². The number of piperidine rings is 1. The molecule has 1 saturated heterocycles. The molecule has 1 aliphatic heterocycles. The van der Waals surface area contributed by atoms with E-state index in [1.165, 1.54) is 5.56 Å². The monoisotopic (exact) mass is 448 g/mol. The number of nitrogens with one attached hydrogen (secondary N) is 2. The molecule has 7 nitrogen and oxygen atoms in total. The third-order valence-corrected chi connectivity index (χ3v) is 5.19. The summed E-state index contributed by atoms with van der Waals surface area (Å²) in [6.07, 6.45) is -1.24. The molecular formula is C22H23F3N4O3. The molecule has 1 amide bonds. The van der Waals surface area contributed by atoms with Crippen molar-refractivity contribution in [2.45, 2.75) is 31.9 Å². The number of carbonyl (C=O) groups excluding carboxylic acids is 1. The highest BCUT2D eigenvalue weighted by Crippen LogP contribution is 2.31. The lowest BCUT2D eigenvalue weighted by molar-refractivity contribution is -0.192. The van der Waals surface area contributed by atoms with Crippen LogP contribution in [0, 0.1) is 6.92 Å². The largest absolute Gasteiger partial charge is 0.490 e. The zero-order chi connectivity index (χ0) is 23.3. The van der Waals surface area contributed by atoms with Gasteiger partial charge in [-0.05, 0) is 62.5 Å². The van der Waals surface area contributed by atoms with Crippen molar-refractivity contribution < 1.29 is 27.9 Å². The van der Waals surface area contributed by atoms with Crippen molar-refractivity contribution in [1.82, 2.24) is 14.7 Å². The summed E-state index contributed by atoms with van der Waals surface area (Å²) in [5.41, 5.74) is 4.47. The lowest BCUT2D eigenvalue weighted by atomic mass is 9.89. The molecule has 32 heavy (non-hydrogen) atoms. The van der Waals surface area contributed by atoms with E-state index >= 15 is 0 Å². The van der Waals surface area contributed by atoms with Crippen LogP contribution in [0.15, 0.2) is 48.7 Å². The maximum Gasteiger partial charge on any atom is 0.490 e. The Morgan fingerprint density at radius 1 is 1.12 bits per heavy atom. The first-order chi connectivity index (χ1) is 15.2. The van der Waals surface area contributed by atoms with Crippen molar-refractivity contribution in [2.24, 2.45) is 0 Å². The van der Waals surface area contributed by atoms with Gasteiger partial charge in [-0.2, -0.15) is 13.2 Å². The van der Waals surface area contributed by atoms with Gasteiger partial charge in [0.05, 0.1) is 6.20 Å². The topological polar surface area (TPSA) is 95.7 Å². The third kappa shape index (κ3) is 5.44. The minimum absolute atomic E-state index is 0.122. The fourth-order valence-electron chi connectivity index (χ4n) is 3.65. The SMILES string of the molecule is Cc1cccc2ncc(C(=O)Nc3ccccc3C3CCNCC3)n12.O=C(O)C(F)(F)F. The summed E-state index contributed by atoms with van der Waals surface area (Å²) in [6, 6.07) is 14.0. The number of para-hydroxylation sites is 1. The number of carbonyl (C=O) groups is 2. The summed E-state index contributed by atoms with van der Waals surface area (Å²) in [5.74, 6) is -2.39. The number of pyridine rings is 1. The number of carboxylic acids is 1. The summed E-state index contributed by atoms with van der Waals surface area (Å²) < 4.78 is 33.6. The molecule has 1 aromatic carbocycles. The van der Waals surface area contributed by atoms with Crippen LogP contribution in [-0.2, 0) is 4.79 Å². The van der Waals surface area contributed by atoms with Crippen LogP contribution in [0.4, 0.5) is 18.9 Å². The van der Waals surface area contributed by atoms with Gasteiger partial charge in [0.15, 0.2) is 0 Å². The zero-order valence-corrected chi connectivity index (χ0v) is 17.3. The summed E-state index contributed by atoms with van der Waals surface area (Å²) in [6.45, 7) is 4.03. The fraction of sp³-hybridized carbons (Fsp3) is 0.318. The van der Waals surface area contributed by atoms with Gasteiger partial charge in [-0.25, -0.2) is 9.78 Å². The average Bonchev–Trinajstić information content (AvgIpc) is 3.20. The normalized spacial score (nSPS) is 14.5. The molecule has 4 rings (SSSR count). The summed E-state index contributed by atoms with van der Waals surface area (Å²) in [7, 11) is 0. The number of amides is 1. The van der Waals surface area contributed by atoms with Gasteiger partial charge in [0.1, 0.15) is 11.3 Å². The highest BCUT2D eigenvalue weighted by atomic mass is 19.4. The minimum Gasteiger partial charge on any atom is -0.475 e. The van der Waals surface area contributed by atoms with Gasteiger partial charge in [-0.15, -0.1) is 0 Å². The minimum atomic E-state index is -5.08. The van der Waals surface area contributed by atoms with Gasteiger partial charge in [0.25, 0.3) is 5.91 Å². The molecule has 0 unspecified atom stereocenters. The molecule has 3 N–H and O–H groups in total. The van der Waals surface area contributed by atoms with E-state index in [0.29, 0.717) is 11.6 Å². The van der Waals surface area contributed by atoms with Crippen molar-refractivity contribution in [1.29, 1.82) is 0 Å². The second-order valence-electron chi connectivity index (χ2n) is 7.37. The van der Waals surface area contributed by atoms with E-state index in [1.807, 2.05) is 47.7 Å². The van der Waals surface area contributed by atoms with Gasteiger partial charge in [0, 0.05) is 11.4 Å². The molecule has 0 aliphatic carbocycles. The second-order valence-corrected chi connectivity index (χ2v) is 7.37. The summed E-state index contributed by atoms with van der Waals surface area (Å²) in [4.78, 5) is 26.1. The number of hydrogen-bond acceptors (Lipinski definition) is 4. The number of hydrogen-bond donors (Lipinski definition) is 3. The molecule has 3 heterocycles. The Hall–Kier alpha value is -3.40. The van der Waals surface area contributed by atoms with Crippen molar-refractivity contribution in [2.75, 3.05) is 18.4 Å². The number of aliphatic carboxylic acids is 1. The zero-order valence-electron chi connectivity index (χ0n) is 17.3. The van der Waals surface area contributed by atoms with Crippen molar-refractivity contribution in [3.63, 3.8) is 0 Å². The lowest BCUT2D eigenvalue weighted by Gasteiger charge is -2.25. The predicted molar refractivity (Wildman–Crippen MR) is 113 cm³/mol. The van der Waals surface area contributed by atoms with E-state index in [9.17, 15) is 18.0 Å². The highest BCUT2D eigenvalue weighted by Gasteiger charge is 2.38. The van der Waals surface area contributed by atoms with Gasteiger partial charge in [-0.3, -0.25) is 9.20 Å². The maximum atomic E-state index is 12.9. The van der Waals surface area contributed by atoms with E-state index in [4.69, 9.17) is 9.90 Å². The number of nitrogens with zero attached hydrogens (tertiary/aromatic N) is 2. The number of aromatic nitrogens is 2. The first kappa shape index (κ1) is 23.3. The number of imidazole rings is 1. The second kappa shape index (κ2) is 9.82. The molecular weight excluding hydrogens is 425 g/mol. The van der Waals surface area contributed by atoms with Crippen molar-refractivity contribution >= 4 is 23.2 Å². The van der Waals surface area contributed by atoms with Gasteiger partial charge < -0.3 is 15.7 Å². The molecule has 0 saturated carbocycles. The van der Waals surface area contributed by atoms with Gasteiger partial charge >= 0.3 is 12.1 Å². The Balaban J connectivity index is 0.000000360. The number of alkyl halides is 3. The number of benzene rings is 1. The molecule has 0 atom stereocenters. The first-order valence-corrected chi connectivity index (χ1v) is 10.0. The lowest BCUT2D eigenvalue weighted by Crippen LogP contribution is -2.27. The van der Waals surface area contributed by atoms with E-state index < -0.39 is 12.1 Å². The molecule has 3 aromatic rings. The van der Waals surface area contributed by atoms with E-state index in [0.717, 1.165) is 43.0 Å². The van der Waals surface area contributed by atoms with E-state index in [2.05, 4.69) is 21.7 Å². The Bertz CT molecular complexity index is 1110. The Labute approximate surface area is 182 Å². The van der Waals surface area contributed by atoms with E-state index in [1.54, 1.807) is 6.20 Å². The van der Waals surface area contributed by atoms with Gasteiger partial charge in [-0.1, -0.05) is 24.3 Å². The van der Waals surface area contributed by atoms with Crippen LogP contribution in [0.5, 0.6) is 0 Å². The number of anilines is 1. The molecule has 2 aromatic heterocycles. The summed E-state index contributed by atoms with van der Waals surface area (Å²) in [5, 5.41) is 13.6. The number of fused-ring (bicyclic) bond motifs is 1. The summed E-state index contributed by atoms with van der Waals surface area (Å²) >= 11 is 0. The Morgan fingerprint density at radius 3 is 2.44 bits per heavy atom. The first-order valence-electron chi connectivity index (χ1n) is 10.0. The van der Waals surface area contributed by atoms with Crippen LogP contribution in [0.2, 0.25) is 0 Å². The van der Waals surface area contributed by atoms with Gasteiger partial charge in [0.2, 0.25) is 0 Å². The van der Waals surface area contributed by atoms with Crippen LogP contribution in [-0.4, -0.2) is 45.6 Å². The van der Waals surface area contributed by atoms with Crippen LogP contribution >= 0.6 is 0 Å². The average molecular weight is 448 g/mol. The molecule has 170 valence electrons. The van der Waals surface area contributed by atoms with Crippen LogP contribution in [0.3, 0.4) is 0 Å². The predicted octanol–water partition coefficient (Wildman–Crippen LogP) is 4.00. The highest BCUT2D eigenvalue weighted by molar-refractivity contribution is 6.04. The quantitative estimate of drug-likeness (QED) is 0.563. The molecule has 10 heteroatoms. The molecule has 0 radical (unpaired) electrons. The van der Waals surface area contributed by atoms with E-state index in [-0.39, 0.29) is 5.91 Å².